The molecule has 0 atom stereocenters. The van der Waals surface area contributed by atoms with Crippen LogP contribution in [0, 0.1) is 0 Å². The number of nitrogens with one attached hydrogen (secondary N) is 1. The highest BCUT2D eigenvalue weighted by Crippen LogP contribution is 2.16. The zero-order valence-electron chi connectivity index (χ0n) is 17.8. The van der Waals surface area contributed by atoms with Crippen LogP contribution < -0.4 is 4.72 Å². The third-order valence-electron chi connectivity index (χ3n) is 4.96. The average molecular weight is 452 g/mol. The summed E-state index contributed by atoms with van der Waals surface area (Å²) in [6, 6.07) is 8.05. The monoisotopic (exact) mass is 451 g/mol. The molecule has 10 nitrogen and oxygen atoms in total. The molecule has 1 aliphatic heterocycles. The van der Waals surface area contributed by atoms with Gasteiger partial charge in [0.05, 0.1) is 17.6 Å². The van der Waals surface area contributed by atoms with Crippen molar-refractivity contribution >= 4 is 15.9 Å². The second-order valence-corrected chi connectivity index (χ2v) is 8.88. The van der Waals surface area contributed by atoms with Gasteiger partial charge in [-0.25, -0.2) is 17.8 Å². The van der Waals surface area contributed by atoms with Gasteiger partial charge in [0, 0.05) is 32.3 Å². The molecule has 31 heavy (non-hydrogen) atoms. The van der Waals surface area contributed by atoms with Crippen LogP contribution in [-0.2, 0) is 26.0 Å². The van der Waals surface area contributed by atoms with Gasteiger partial charge in [0.1, 0.15) is 0 Å². The van der Waals surface area contributed by atoms with Crippen LogP contribution in [0.2, 0.25) is 0 Å². The quantitative estimate of drug-likeness (QED) is 0.541. The van der Waals surface area contributed by atoms with E-state index in [4.69, 9.17) is 9.47 Å². The molecule has 0 radical (unpaired) electrons. The number of aromatic nitrogens is 3. The fourth-order valence-corrected chi connectivity index (χ4v) is 4.74. The molecule has 1 amide bonds. The molecule has 1 aromatic carbocycles. The van der Waals surface area contributed by atoms with Gasteiger partial charge in [-0.3, -0.25) is 4.79 Å². The van der Waals surface area contributed by atoms with E-state index < -0.39 is 16.3 Å². The first-order valence-electron chi connectivity index (χ1n) is 10.4. The molecule has 0 unspecified atom stereocenters. The van der Waals surface area contributed by atoms with Gasteiger partial charge in [-0.1, -0.05) is 23.4 Å². The van der Waals surface area contributed by atoms with Crippen molar-refractivity contribution in [1.82, 2.24) is 24.6 Å². The van der Waals surface area contributed by atoms with Crippen LogP contribution in [0.4, 0.5) is 0 Å². The molecule has 1 aromatic heterocycles. The fraction of sp³-hybridized carbons (Fsp3) is 0.550. The molecule has 2 aromatic rings. The Labute approximate surface area is 182 Å². The number of carbonyl (C=O) groups is 1. The van der Waals surface area contributed by atoms with Crippen molar-refractivity contribution in [2.45, 2.75) is 50.5 Å². The maximum atomic E-state index is 12.8. The molecule has 0 saturated carbocycles. The maximum absolute atomic E-state index is 12.8. The Kier molecular flexibility index (Phi) is 8.13. The van der Waals surface area contributed by atoms with E-state index in [2.05, 4.69) is 15.0 Å². The standard InChI is InChI=1S/C20H29N5O5S/c1-3-29-19(30-4-2)15-25-14-18(21-23-25)20(26)24-12-10-16(11-13-24)22-31(27,28)17-8-6-5-7-9-17/h5-9,14,16,19,22H,3-4,10-13,15H2,1-2H3. The smallest absolute Gasteiger partial charge is 0.276 e. The van der Waals surface area contributed by atoms with Crippen LogP contribution in [-0.4, -0.2) is 72.9 Å². The Morgan fingerprint density at radius 1 is 1.16 bits per heavy atom. The van der Waals surface area contributed by atoms with Crippen LogP contribution >= 0.6 is 0 Å². The molecule has 0 spiro atoms. The van der Waals surface area contributed by atoms with Gasteiger partial charge >= 0.3 is 0 Å². The first-order chi connectivity index (χ1) is 14.9. The molecule has 0 bridgehead atoms. The average Bonchev–Trinajstić information content (AvgIpc) is 3.23. The van der Waals surface area contributed by atoms with E-state index in [1.165, 1.54) is 4.68 Å². The number of carbonyl (C=O) groups excluding carboxylic acids is 1. The Morgan fingerprint density at radius 2 is 1.81 bits per heavy atom. The van der Waals surface area contributed by atoms with E-state index in [0.29, 0.717) is 45.7 Å². The highest BCUT2D eigenvalue weighted by atomic mass is 32.2. The highest BCUT2D eigenvalue weighted by molar-refractivity contribution is 7.89. The zero-order chi connectivity index (χ0) is 22.3. The third kappa shape index (κ3) is 6.33. The van der Waals surface area contributed by atoms with Gasteiger partial charge < -0.3 is 14.4 Å². The summed E-state index contributed by atoms with van der Waals surface area (Å²) in [7, 11) is -3.57. The second kappa shape index (κ2) is 10.8. The third-order valence-corrected chi connectivity index (χ3v) is 6.49. The molecular weight excluding hydrogens is 422 g/mol. The fourth-order valence-electron chi connectivity index (χ4n) is 3.41. The lowest BCUT2D eigenvalue weighted by Gasteiger charge is -2.31. The minimum absolute atomic E-state index is 0.219. The number of nitrogens with zero attached hydrogens (tertiary/aromatic N) is 4. The van der Waals surface area contributed by atoms with Crippen molar-refractivity contribution in [3.63, 3.8) is 0 Å². The molecular formula is C20H29N5O5S. The van der Waals surface area contributed by atoms with Crippen molar-refractivity contribution in [2.75, 3.05) is 26.3 Å². The summed E-state index contributed by atoms with van der Waals surface area (Å²) in [5, 5.41) is 7.98. The number of piperidine rings is 1. The van der Waals surface area contributed by atoms with Crippen molar-refractivity contribution in [3.8, 4) is 0 Å². The lowest BCUT2D eigenvalue weighted by molar-refractivity contribution is -0.145. The van der Waals surface area contributed by atoms with E-state index in [9.17, 15) is 13.2 Å². The molecule has 170 valence electrons. The van der Waals surface area contributed by atoms with Crippen molar-refractivity contribution in [1.29, 1.82) is 0 Å². The molecule has 3 rings (SSSR count). The van der Waals surface area contributed by atoms with Crippen molar-refractivity contribution in [3.05, 3.63) is 42.2 Å². The topological polar surface area (TPSA) is 116 Å². The van der Waals surface area contributed by atoms with Gasteiger partial charge in [0.2, 0.25) is 10.0 Å². The molecule has 1 aliphatic rings. The molecule has 11 heteroatoms. The van der Waals surface area contributed by atoms with E-state index >= 15 is 0 Å². The Hall–Kier alpha value is -2.34. The summed E-state index contributed by atoms with van der Waals surface area (Å²) >= 11 is 0. The molecule has 1 fully saturated rings. The van der Waals surface area contributed by atoms with E-state index in [1.54, 1.807) is 41.4 Å². The van der Waals surface area contributed by atoms with E-state index in [-0.39, 0.29) is 22.5 Å². The van der Waals surface area contributed by atoms with Gasteiger partial charge in [0.15, 0.2) is 12.0 Å². The molecule has 1 N–H and O–H groups in total. The number of likely N-dealkylation sites (tertiary alicyclic amines) is 1. The SMILES string of the molecule is CCOC(Cn1cc(C(=O)N2CCC(NS(=O)(=O)c3ccccc3)CC2)nn1)OCC. The number of hydrogen-bond acceptors (Lipinski definition) is 7. The molecule has 2 heterocycles. The van der Waals surface area contributed by atoms with Crippen LogP contribution in [0.5, 0.6) is 0 Å². The minimum Gasteiger partial charge on any atom is -0.351 e. The lowest BCUT2D eigenvalue weighted by atomic mass is 10.1. The normalized spacial score (nSPS) is 15.5. The first-order valence-corrected chi connectivity index (χ1v) is 11.9. The summed E-state index contributed by atoms with van der Waals surface area (Å²) in [5.74, 6) is -0.222. The van der Waals surface area contributed by atoms with Crippen molar-refractivity contribution < 1.29 is 22.7 Å². The summed E-state index contributed by atoms with van der Waals surface area (Å²) < 4.78 is 40.2. The number of rotatable bonds is 10. The summed E-state index contributed by atoms with van der Waals surface area (Å²) in [5.41, 5.74) is 0.245. The molecule has 1 saturated heterocycles. The predicted octanol–water partition coefficient (Wildman–Crippen LogP) is 1.26. The summed E-state index contributed by atoms with van der Waals surface area (Å²) in [6.07, 6.45) is 2.19. The lowest BCUT2D eigenvalue weighted by Crippen LogP contribution is -2.46. The predicted molar refractivity (Wildman–Crippen MR) is 113 cm³/mol. The van der Waals surface area contributed by atoms with Crippen LogP contribution in [0.1, 0.15) is 37.2 Å². The largest absolute Gasteiger partial charge is 0.351 e. The summed E-state index contributed by atoms with van der Waals surface area (Å²) in [6.45, 7) is 5.99. The van der Waals surface area contributed by atoms with E-state index in [1.807, 2.05) is 13.8 Å². The van der Waals surface area contributed by atoms with E-state index in [0.717, 1.165) is 0 Å². The van der Waals surface area contributed by atoms with Gasteiger partial charge in [-0.15, -0.1) is 5.10 Å². The highest BCUT2D eigenvalue weighted by Gasteiger charge is 2.28. The number of ether oxygens (including phenoxy) is 2. The Morgan fingerprint density at radius 3 is 2.42 bits per heavy atom. The minimum atomic E-state index is -3.57. The summed E-state index contributed by atoms with van der Waals surface area (Å²) in [4.78, 5) is 14.7. The zero-order valence-corrected chi connectivity index (χ0v) is 18.6. The number of amides is 1. The van der Waals surface area contributed by atoms with Gasteiger partial charge in [0.25, 0.3) is 5.91 Å². The molecule has 0 aliphatic carbocycles. The number of benzene rings is 1. The maximum Gasteiger partial charge on any atom is 0.276 e. The van der Waals surface area contributed by atoms with Crippen LogP contribution in [0.15, 0.2) is 41.4 Å². The Balaban J connectivity index is 1.53. The van der Waals surface area contributed by atoms with Crippen molar-refractivity contribution in [2.24, 2.45) is 0 Å². The number of sulfonamides is 1. The van der Waals surface area contributed by atoms with Crippen LogP contribution in [0.25, 0.3) is 0 Å². The Bertz CT molecular complexity index is 936. The first kappa shape index (κ1) is 23.3. The van der Waals surface area contributed by atoms with Gasteiger partial charge in [-0.2, -0.15) is 0 Å². The van der Waals surface area contributed by atoms with Crippen LogP contribution in [0.3, 0.4) is 0 Å². The van der Waals surface area contributed by atoms with Gasteiger partial charge in [-0.05, 0) is 38.8 Å². The number of hydrogen-bond donors (Lipinski definition) is 1. The second-order valence-electron chi connectivity index (χ2n) is 7.17.